The van der Waals surface area contributed by atoms with Gasteiger partial charge in [-0.2, -0.15) is 0 Å². The van der Waals surface area contributed by atoms with Crippen molar-refractivity contribution in [3.05, 3.63) is 5.92 Å². The molecular weight excluding hydrogens is 108 g/mol. The molecule has 55 valence electrons. The Hall–Kier alpha value is 0. The van der Waals surface area contributed by atoms with E-state index in [9.17, 15) is 0 Å². The van der Waals surface area contributed by atoms with E-state index in [4.69, 9.17) is 0 Å². The minimum atomic E-state index is 0.467. The maximum absolute atomic E-state index is 2.31. The van der Waals surface area contributed by atoms with Crippen molar-refractivity contribution in [2.45, 2.75) is 47.5 Å². The van der Waals surface area contributed by atoms with Crippen LogP contribution in [0.1, 0.15) is 47.5 Å². The molecule has 0 unspecified atom stereocenters. The van der Waals surface area contributed by atoms with Crippen LogP contribution in [-0.4, -0.2) is 0 Å². The summed E-state index contributed by atoms with van der Waals surface area (Å²) in [6, 6.07) is 0. The Morgan fingerprint density at radius 1 is 1.22 bits per heavy atom. The summed E-state index contributed by atoms with van der Waals surface area (Å²) in [6.45, 7) is 11.4. The number of rotatable bonds is 3. The average Bonchev–Trinajstić information content (AvgIpc) is 1.86. The van der Waals surface area contributed by atoms with Crippen LogP contribution in [0.25, 0.3) is 0 Å². The minimum Gasteiger partial charge on any atom is -0.0649 e. The van der Waals surface area contributed by atoms with Crippen LogP contribution in [0.3, 0.4) is 0 Å². The van der Waals surface area contributed by atoms with E-state index in [1.54, 1.807) is 5.92 Å². The van der Waals surface area contributed by atoms with Crippen molar-refractivity contribution >= 4 is 0 Å². The van der Waals surface area contributed by atoms with Gasteiger partial charge in [0, 0.05) is 0 Å². The van der Waals surface area contributed by atoms with Gasteiger partial charge in [0.25, 0.3) is 0 Å². The van der Waals surface area contributed by atoms with Gasteiger partial charge in [0.05, 0.1) is 0 Å². The second-order valence-corrected chi connectivity index (χ2v) is 3.37. The molecule has 0 aliphatic rings. The summed E-state index contributed by atoms with van der Waals surface area (Å²) in [7, 11) is 0. The van der Waals surface area contributed by atoms with Gasteiger partial charge in [-0.05, 0) is 17.8 Å². The summed E-state index contributed by atoms with van der Waals surface area (Å²) in [5, 5.41) is 0. The zero-order chi connectivity index (χ0) is 7.49. The second-order valence-electron chi connectivity index (χ2n) is 3.37. The van der Waals surface area contributed by atoms with Gasteiger partial charge in [-0.15, -0.1) is 0 Å². The molecule has 0 rings (SSSR count). The Kier molecular flexibility index (Phi) is 3.24. The summed E-state index contributed by atoms with van der Waals surface area (Å²) >= 11 is 0. The Morgan fingerprint density at radius 3 is 1.78 bits per heavy atom. The van der Waals surface area contributed by atoms with Crippen LogP contribution >= 0.6 is 0 Å². The molecule has 0 nitrogen and oxygen atoms in total. The van der Waals surface area contributed by atoms with Crippen LogP contribution in [0.5, 0.6) is 0 Å². The highest BCUT2D eigenvalue weighted by atomic mass is 14.3. The van der Waals surface area contributed by atoms with Crippen molar-refractivity contribution in [1.29, 1.82) is 0 Å². The summed E-state index contributed by atoms with van der Waals surface area (Å²) in [5.74, 6) is 1.62. The van der Waals surface area contributed by atoms with Gasteiger partial charge in [0.15, 0.2) is 0 Å². The molecule has 0 aromatic carbocycles. The predicted octanol–water partition coefficient (Wildman–Crippen LogP) is 3.43. The van der Waals surface area contributed by atoms with E-state index in [1.165, 1.54) is 12.8 Å². The van der Waals surface area contributed by atoms with E-state index in [0.29, 0.717) is 5.41 Å². The Labute approximate surface area is 59.7 Å². The molecule has 0 heterocycles. The fourth-order valence-corrected chi connectivity index (χ4v) is 0.780. The first-order valence-electron chi connectivity index (χ1n) is 3.87. The topological polar surface area (TPSA) is 0 Å². The van der Waals surface area contributed by atoms with Crippen LogP contribution < -0.4 is 0 Å². The van der Waals surface area contributed by atoms with Crippen molar-refractivity contribution in [3.8, 4) is 0 Å². The van der Waals surface area contributed by atoms with E-state index in [2.05, 4.69) is 34.6 Å². The monoisotopic (exact) mass is 127 g/mol. The van der Waals surface area contributed by atoms with Crippen LogP contribution in [0.15, 0.2) is 0 Å². The molecule has 0 aliphatic heterocycles. The summed E-state index contributed by atoms with van der Waals surface area (Å²) in [5.41, 5.74) is 0.467. The van der Waals surface area contributed by atoms with E-state index in [0.717, 1.165) is 0 Å². The molecule has 0 aromatic rings. The Balaban J connectivity index is 3.80. The maximum atomic E-state index is 2.31. The molecule has 0 bridgehead atoms. The van der Waals surface area contributed by atoms with Gasteiger partial charge < -0.3 is 0 Å². The highest BCUT2D eigenvalue weighted by Crippen LogP contribution is 2.33. The summed E-state index contributed by atoms with van der Waals surface area (Å²) in [4.78, 5) is 0. The first-order valence-corrected chi connectivity index (χ1v) is 3.87. The predicted molar refractivity (Wildman–Crippen MR) is 43.3 cm³/mol. The third-order valence-corrected chi connectivity index (χ3v) is 2.57. The van der Waals surface area contributed by atoms with E-state index in [1.807, 2.05) is 0 Å². The fourth-order valence-electron chi connectivity index (χ4n) is 0.780. The van der Waals surface area contributed by atoms with Gasteiger partial charge in [0.2, 0.25) is 0 Å². The van der Waals surface area contributed by atoms with Crippen molar-refractivity contribution in [3.63, 3.8) is 0 Å². The molecule has 0 amide bonds. The molecule has 0 fully saturated rings. The second kappa shape index (κ2) is 3.24. The van der Waals surface area contributed by atoms with Gasteiger partial charge in [-0.25, -0.2) is 0 Å². The fraction of sp³-hybridized carbons (Fsp3) is 0.889. The highest BCUT2D eigenvalue weighted by Gasteiger charge is 2.21. The van der Waals surface area contributed by atoms with Crippen LogP contribution in [0.2, 0.25) is 0 Å². The molecule has 0 atom stereocenters. The van der Waals surface area contributed by atoms with E-state index >= 15 is 0 Å². The van der Waals surface area contributed by atoms with Gasteiger partial charge in [-0.3, -0.25) is 0 Å². The van der Waals surface area contributed by atoms with Crippen LogP contribution in [0, 0.1) is 11.3 Å². The van der Waals surface area contributed by atoms with E-state index in [-0.39, 0.29) is 0 Å². The molecule has 1 radical (unpaired) electrons. The molecule has 0 saturated heterocycles. The SMILES string of the molecule is CC[C](C)C(C)(C)CC. The molecule has 0 N–H and O–H groups in total. The van der Waals surface area contributed by atoms with Crippen molar-refractivity contribution < 1.29 is 0 Å². The lowest BCUT2D eigenvalue weighted by molar-refractivity contribution is 0.359. The minimum absolute atomic E-state index is 0.467. The maximum Gasteiger partial charge on any atom is -0.0218 e. The molecule has 0 spiro atoms. The van der Waals surface area contributed by atoms with Crippen LogP contribution in [0.4, 0.5) is 0 Å². The van der Waals surface area contributed by atoms with Crippen LogP contribution in [-0.2, 0) is 0 Å². The summed E-state index contributed by atoms with van der Waals surface area (Å²) < 4.78 is 0. The zero-order valence-electron chi connectivity index (χ0n) is 7.41. The lowest BCUT2D eigenvalue weighted by Gasteiger charge is -2.28. The van der Waals surface area contributed by atoms with Gasteiger partial charge in [0.1, 0.15) is 0 Å². The molecule has 9 heavy (non-hydrogen) atoms. The average molecular weight is 127 g/mol. The first-order chi connectivity index (χ1) is 4.04. The normalized spacial score (nSPS) is 12.7. The lowest BCUT2D eigenvalue weighted by atomic mass is 9.77. The summed E-state index contributed by atoms with van der Waals surface area (Å²) in [6.07, 6.45) is 2.48. The lowest BCUT2D eigenvalue weighted by Crippen LogP contribution is -2.17. The largest absolute Gasteiger partial charge is 0.0649 e. The molecule has 0 saturated carbocycles. The Morgan fingerprint density at radius 2 is 1.67 bits per heavy atom. The first kappa shape index (κ1) is 9.00. The van der Waals surface area contributed by atoms with Gasteiger partial charge in [-0.1, -0.05) is 41.0 Å². The van der Waals surface area contributed by atoms with E-state index < -0.39 is 0 Å². The number of hydrogen-bond donors (Lipinski definition) is 0. The zero-order valence-corrected chi connectivity index (χ0v) is 7.41. The highest BCUT2D eigenvalue weighted by molar-refractivity contribution is 4.96. The third kappa shape index (κ3) is 2.38. The van der Waals surface area contributed by atoms with Gasteiger partial charge >= 0.3 is 0 Å². The molecular formula is C9H19. The standard InChI is InChI=1S/C9H19/c1-6-8(3)9(4,5)7-2/h6-7H2,1-5H3. The molecule has 0 aromatic heterocycles. The molecule has 0 aliphatic carbocycles. The van der Waals surface area contributed by atoms with Crippen molar-refractivity contribution in [1.82, 2.24) is 0 Å². The third-order valence-electron chi connectivity index (χ3n) is 2.57. The smallest absolute Gasteiger partial charge is 0.0218 e. The van der Waals surface area contributed by atoms with Crippen molar-refractivity contribution in [2.75, 3.05) is 0 Å². The quantitative estimate of drug-likeness (QED) is 0.545. The Bertz CT molecular complexity index is 72.1. The number of hydrogen-bond acceptors (Lipinski definition) is 0. The van der Waals surface area contributed by atoms with Crippen molar-refractivity contribution in [2.24, 2.45) is 5.41 Å². The molecule has 0 heteroatoms.